The van der Waals surface area contributed by atoms with Crippen LogP contribution in [-0.4, -0.2) is 35.4 Å². The number of hydrogen-bond donors (Lipinski definition) is 1. The maximum Gasteiger partial charge on any atom is 0.157 e. The van der Waals surface area contributed by atoms with Crippen molar-refractivity contribution in [3.63, 3.8) is 0 Å². The second kappa shape index (κ2) is 6.01. The number of aromatic hydroxyl groups is 1. The Hall–Kier alpha value is -1.35. The van der Waals surface area contributed by atoms with E-state index in [4.69, 9.17) is 0 Å². The van der Waals surface area contributed by atoms with Gasteiger partial charge in [0.15, 0.2) is 5.78 Å². The topological polar surface area (TPSA) is 40.5 Å². The van der Waals surface area contributed by atoms with Gasteiger partial charge in [0.25, 0.3) is 0 Å². The van der Waals surface area contributed by atoms with Crippen LogP contribution in [0.1, 0.15) is 32.3 Å². The highest BCUT2D eigenvalue weighted by molar-refractivity contribution is 5.90. The number of rotatable bonds is 6. The molecule has 0 aromatic heterocycles. The molecule has 3 heteroatoms. The zero-order valence-corrected chi connectivity index (χ0v) is 11.7. The number of carbonyl (C=O) groups excluding carboxylic acids is 1. The molecule has 0 radical (unpaired) electrons. The van der Waals surface area contributed by atoms with Gasteiger partial charge >= 0.3 is 0 Å². The minimum absolute atomic E-state index is 0.232. The molecule has 1 N–H and O–H groups in total. The van der Waals surface area contributed by atoms with Gasteiger partial charge in [-0.3, -0.25) is 9.69 Å². The molecule has 0 aliphatic carbocycles. The minimum Gasteiger partial charge on any atom is -0.508 e. The van der Waals surface area contributed by atoms with Gasteiger partial charge in [-0.15, -0.1) is 0 Å². The van der Waals surface area contributed by atoms with Crippen molar-refractivity contribution < 1.29 is 9.90 Å². The van der Waals surface area contributed by atoms with Gasteiger partial charge in [-0.25, -0.2) is 0 Å². The van der Waals surface area contributed by atoms with Gasteiger partial charge in [0, 0.05) is 6.42 Å². The summed E-state index contributed by atoms with van der Waals surface area (Å²) >= 11 is 0. The summed E-state index contributed by atoms with van der Waals surface area (Å²) in [6.45, 7) is 4.11. The standard InChI is InChI=1S/C15H23NO2/c1-5-15(6-2,16(3)4)14(18)11-12-7-9-13(17)10-8-12/h7-10,17H,5-6,11H2,1-4H3. The molecule has 100 valence electrons. The molecule has 0 aliphatic heterocycles. The number of benzene rings is 1. The molecule has 0 saturated carbocycles. The van der Waals surface area contributed by atoms with Crippen molar-refractivity contribution in [3.05, 3.63) is 29.8 Å². The summed E-state index contributed by atoms with van der Waals surface area (Å²) in [5.74, 6) is 0.472. The van der Waals surface area contributed by atoms with Crippen molar-refractivity contribution in [2.24, 2.45) is 0 Å². The summed E-state index contributed by atoms with van der Waals surface area (Å²) in [6.07, 6.45) is 2.04. The first-order valence-corrected chi connectivity index (χ1v) is 6.45. The molecule has 0 unspecified atom stereocenters. The Morgan fingerprint density at radius 3 is 2.06 bits per heavy atom. The minimum atomic E-state index is -0.377. The molecule has 1 aromatic rings. The number of nitrogens with zero attached hydrogens (tertiary/aromatic N) is 1. The zero-order chi connectivity index (χ0) is 13.8. The molecule has 0 aliphatic rings. The number of Topliss-reactive ketones (excluding diaryl/α,β-unsaturated/α-hetero) is 1. The normalized spacial score (nSPS) is 11.8. The van der Waals surface area contributed by atoms with Crippen LogP contribution < -0.4 is 0 Å². The van der Waals surface area contributed by atoms with E-state index in [0.717, 1.165) is 18.4 Å². The van der Waals surface area contributed by atoms with Crippen LogP contribution in [0, 0.1) is 0 Å². The van der Waals surface area contributed by atoms with Crippen molar-refractivity contribution in [3.8, 4) is 5.75 Å². The maximum absolute atomic E-state index is 12.5. The summed E-state index contributed by atoms with van der Waals surface area (Å²) in [6, 6.07) is 6.85. The molecule has 1 aromatic carbocycles. The van der Waals surface area contributed by atoms with E-state index in [1.54, 1.807) is 24.3 Å². The molecular formula is C15H23NO2. The smallest absolute Gasteiger partial charge is 0.157 e. The van der Waals surface area contributed by atoms with Crippen molar-refractivity contribution in [1.82, 2.24) is 4.90 Å². The lowest BCUT2D eigenvalue weighted by molar-refractivity contribution is -0.129. The molecule has 0 spiro atoms. The van der Waals surface area contributed by atoms with Crippen LogP contribution in [0.25, 0.3) is 0 Å². The molecular weight excluding hydrogens is 226 g/mol. The van der Waals surface area contributed by atoms with Gasteiger partial charge in [-0.1, -0.05) is 26.0 Å². The number of ketones is 1. The third-order valence-electron chi connectivity index (χ3n) is 3.85. The zero-order valence-electron chi connectivity index (χ0n) is 11.7. The van der Waals surface area contributed by atoms with E-state index < -0.39 is 0 Å². The van der Waals surface area contributed by atoms with Crippen LogP contribution in [0.15, 0.2) is 24.3 Å². The Balaban J connectivity index is 2.89. The number of phenolic OH excluding ortho intramolecular Hbond substituents is 1. The fourth-order valence-corrected chi connectivity index (χ4v) is 2.49. The fraction of sp³-hybridized carbons (Fsp3) is 0.533. The summed E-state index contributed by atoms with van der Waals surface area (Å²) in [7, 11) is 3.92. The Kier molecular flexibility index (Phi) is 4.91. The quantitative estimate of drug-likeness (QED) is 0.842. The van der Waals surface area contributed by atoms with Crippen LogP contribution >= 0.6 is 0 Å². The van der Waals surface area contributed by atoms with Crippen LogP contribution in [0.2, 0.25) is 0 Å². The van der Waals surface area contributed by atoms with Gasteiger partial charge in [0.1, 0.15) is 5.75 Å². The van der Waals surface area contributed by atoms with E-state index in [9.17, 15) is 9.90 Å². The molecule has 0 amide bonds. The van der Waals surface area contributed by atoms with E-state index in [1.807, 2.05) is 19.0 Å². The molecule has 3 nitrogen and oxygen atoms in total. The SMILES string of the molecule is CCC(CC)(C(=O)Cc1ccc(O)cc1)N(C)C. The second-order valence-electron chi connectivity index (χ2n) is 4.90. The summed E-state index contributed by atoms with van der Waals surface area (Å²) in [4.78, 5) is 14.5. The van der Waals surface area contributed by atoms with E-state index in [2.05, 4.69) is 13.8 Å². The molecule has 0 heterocycles. The second-order valence-corrected chi connectivity index (χ2v) is 4.90. The van der Waals surface area contributed by atoms with Crippen molar-refractivity contribution in [1.29, 1.82) is 0 Å². The molecule has 18 heavy (non-hydrogen) atoms. The highest BCUT2D eigenvalue weighted by atomic mass is 16.3. The largest absolute Gasteiger partial charge is 0.508 e. The molecule has 0 fully saturated rings. The van der Waals surface area contributed by atoms with Gasteiger partial charge in [0.2, 0.25) is 0 Å². The van der Waals surface area contributed by atoms with Crippen LogP contribution in [0.3, 0.4) is 0 Å². The van der Waals surface area contributed by atoms with Gasteiger partial charge in [-0.2, -0.15) is 0 Å². The Morgan fingerprint density at radius 2 is 1.67 bits per heavy atom. The highest BCUT2D eigenvalue weighted by Gasteiger charge is 2.36. The van der Waals surface area contributed by atoms with E-state index in [-0.39, 0.29) is 17.1 Å². The first-order valence-electron chi connectivity index (χ1n) is 6.45. The number of hydrogen-bond acceptors (Lipinski definition) is 3. The lowest BCUT2D eigenvalue weighted by Crippen LogP contribution is -2.50. The van der Waals surface area contributed by atoms with Crippen molar-refractivity contribution in [2.75, 3.05) is 14.1 Å². The predicted molar refractivity (Wildman–Crippen MR) is 73.8 cm³/mol. The van der Waals surface area contributed by atoms with E-state index in [0.29, 0.717) is 6.42 Å². The van der Waals surface area contributed by atoms with Crippen LogP contribution in [0.5, 0.6) is 5.75 Å². The third kappa shape index (κ3) is 2.91. The predicted octanol–water partition coefficient (Wildman–Crippen LogP) is 2.62. The van der Waals surface area contributed by atoms with Crippen molar-refractivity contribution in [2.45, 2.75) is 38.6 Å². The number of carbonyl (C=O) groups is 1. The summed E-state index contributed by atoms with van der Waals surface area (Å²) in [5.41, 5.74) is 0.573. The average molecular weight is 249 g/mol. The lowest BCUT2D eigenvalue weighted by atomic mass is 9.83. The Morgan fingerprint density at radius 1 is 1.17 bits per heavy atom. The van der Waals surface area contributed by atoms with E-state index in [1.165, 1.54) is 0 Å². The molecule has 0 saturated heterocycles. The maximum atomic E-state index is 12.5. The monoisotopic (exact) mass is 249 g/mol. The first-order chi connectivity index (χ1) is 8.46. The van der Waals surface area contributed by atoms with Gasteiger partial charge in [-0.05, 0) is 44.6 Å². The summed E-state index contributed by atoms with van der Waals surface area (Å²) < 4.78 is 0. The Bertz CT molecular complexity index is 391. The van der Waals surface area contributed by atoms with Crippen LogP contribution in [-0.2, 0) is 11.2 Å². The average Bonchev–Trinajstić information content (AvgIpc) is 2.34. The fourth-order valence-electron chi connectivity index (χ4n) is 2.49. The van der Waals surface area contributed by atoms with Crippen LogP contribution in [0.4, 0.5) is 0 Å². The third-order valence-corrected chi connectivity index (χ3v) is 3.85. The van der Waals surface area contributed by atoms with Crippen molar-refractivity contribution >= 4 is 5.78 Å². The first kappa shape index (κ1) is 14.7. The summed E-state index contributed by atoms with van der Waals surface area (Å²) in [5, 5.41) is 9.24. The molecule has 0 bridgehead atoms. The highest BCUT2D eigenvalue weighted by Crippen LogP contribution is 2.24. The lowest BCUT2D eigenvalue weighted by Gasteiger charge is -2.37. The van der Waals surface area contributed by atoms with Gasteiger partial charge < -0.3 is 5.11 Å². The molecule has 0 atom stereocenters. The van der Waals surface area contributed by atoms with Gasteiger partial charge in [0.05, 0.1) is 5.54 Å². The molecule has 1 rings (SSSR count). The number of phenols is 1. The number of likely N-dealkylation sites (N-methyl/N-ethyl adjacent to an activating group) is 1. The van der Waals surface area contributed by atoms with E-state index >= 15 is 0 Å². The Labute approximate surface area is 109 Å².